The molecule has 1 aliphatic rings. The minimum Gasteiger partial charge on any atom is -0.473 e. The van der Waals surface area contributed by atoms with Crippen molar-refractivity contribution in [3.8, 4) is 0 Å². The average molecular weight is 1340 g/mol. The number of nitrogens with one attached hydrogen (secondary N) is 6. The number of H-pyrrole nitrogens is 6. The predicted molar refractivity (Wildman–Crippen MR) is 335 cm³/mol. The largest absolute Gasteiger partial charge is 0.473 e. The highest BCUT2D eigenvalue weighted by Crippen LogP contribution is 1.92. The number of imidazole rings is 1. The van der Waals surface area contributed by atoms with E-state index in [2.05, 4.69) is 178 Å². The van der Waals surface area contributed by atoms with E-state index in [0.29, 0.717) is 0 Å². The maximum Gasteiger partial charge on any atom is 0.203 e. The van der Waals surface area contributed by atoms with Crippen molar-refractivity contribution in [3.63, 3.8) is 0 Å². The zero-order valence-corrected chi connectivity index (χ0v) is 51.4. The molecule has 0 unspecified atom stereocenters. The second kappa shape index (κ2) is 73.1. The van der Waals surface area contributed by atoms with Crippen LogP contribution in [0.2, 0.25) is 0 Å². The van der Waals surface area contributed by atoms with Gasteiger partial charge in [0.25, 0.3) is 0 Å². The molecule has 42 heteroatoms. The zero-order valence-electron chi connectivity index (χ0n) is 46.5. The number of thiazole rings is 1. The number of oxazole rings is 1. The van der Waals surface area contributed by atoms with Crippen LogP contribution in [0, 0.1) is 0 Å². The predicted octanol–water partition coefficient (Wildman–Crippen LogP) is 9.16. The molecule has 0 spiro atoms. The van der Waals surface area contributed by atoms with Crippen molar-refractivity contribution >= 4 is 81.2 Å². The number of hydrogen-bond acceptors (Lipinski definition) is 36. The van der Waals surface area contributed by atoms with Gasteiger partial charge < -0.3 is 32.3 Å². The van der Waals surface area contributed by atoms with Gasteiger partial charge in [-0.3, -0.25) is 20.2 Å². The van der Waals surface area contributed by atoms with Crippen molar-refractivity contribution in [2.75, 3.05) is 6.54 Å². The lowest BCUT2D eigenvalue weighted by Gasteiger charge is -1.56. The quantitative estimate of drug-likeness (QED) is 0.0823. The van der Waals surface area contributed by atoms with Gasteiger partial charge in [0.05, 0.1) is 68.1 Å². The van der Waals surface area contributed by atoms with Crippen LogP contribution in [0.1, 0.15) is 0 Å². The van der Waals surface area contributed by atoms with Crippen molar-refractivity contribution in [1.82, 2.24) is 146 Å². The number of rotatable bonds is 0. The molecule has 0 radical (unpaired) electrons. The van der Waals surface area contributed by atoms with E-state index in [9.17, 15) is 0 Å². The highest BCUT2D eigenvalue weighted by Gasteiger charge is 1.74. The SMILES string of the molecule is C1=NC=NC1.c1c[nH]cn1.c1cc[nH]c1.c1ccoc1.c1ccsc1.c1cn[nH]c1.c1cn[nH]n1.c1cnoc1.c1cnsc1.c1cocn1.c1conn1.c1cscn1.c1csnn1.c1nc[nH]n1.c1ncsn1.c1nn[nH]n1.c1nnco1.c1nncs1. The first-order chi connectivity index (χ1) is 45.0. The molecular formula is C48H55N31O5S6. The van der Waals surface area contributed by atoms with Gasteiger partial charge in [0.1, 0.15) is 60.6 Å². The monoisotopic (exact) mass is 1340 g/mol. The summed E-state index contributed by atoms with van der Waals surface area (Å²) in [5, 5.41) is 70.3. The Hall–Kier alpha value is -12.0. The molecule has 36 nitrogen and oxygen atoms in total. The van der Waals surface area contributed by atoms with Gasteiger partial charge in [-0.05, 0) is 87.8 Å². The molecule has 17 aromatic heterocycles. The van der Waals surface area contributed by atoms with Crippen molar-refractivity contribution in [2.45, 2.75) is 0 Å². The number of tetrazole rings is 1. The smallest absolute Gasteiger partial charge is 0.203 e. The van der Waals surface area contributed by atoms with Crippen LogP contribution in [0.3, 0.4) is 0 Å². The Morgan fingerprint density at radius 1 is 0.389 bits per heavy atom. The summed E-state index contributed by atoms with van der Waals surface area (Å²) >= 11 is 8.97. The first-order valence-corrected chi connectivity index (χ1v) is 29.3. The van der Waals surface area contributed by atoms with E-state index in [-0.39, 0.29) is 0 Å². The van der Waals surface area contributed by atoms with E-state index in [1.54, 1.807) is 150 Å². The summed E-state index contributed by atoms with van der Waals surface area (Å²) in [6.45, 7) is 0.778. The first-order valence-electron chi connectivity index (χ1n) is 23.9. The summed E-state index contributed by atoms with van der Waals surface area (Å²) in [7, 11) is 0. The Morgan fingerprint density at radius 3 is 1.46 bits per heavy atom. The highest BCUT2D eigenvalue weighted by molar-refractivity contribution is 7.08. The summed E-state index contributed by atoms with van der Waals surface area (Å²) in [6.07, 6.45) is 46.0. The molecule has 468 valence electrons. The minimum absolute atomic E-state index is 0.778. The van der Waals surface area contributed by atoms with Gasteiger partial charge in [-0.1, -0.05) is 27.0 Å². The van der Waals surface area contributed by atoms with Gasteiger partial charge in [0, 0.05) is 77.2 Å². The highest BCUT2D eigenvalue weighted by atomic mass is 32.1. The fourth-order valence-electron chi connectivity index (χ4n) is 3.24. The Labute approximate surface area is 534 Å². The van der Waals surface area contributed by atoms with Crippen LogP contribution in [-0.4, -0.2) is 165 Å². The second-order valence-electron chi connectivity index (χ2n) is 12.3. The second-order valence-corrected chi connectivity index (χ2v) is 16.6. The van der Waals surface area contributed by atoms with Crippen LogP contribution in [0.15, 0.2) is 305 Å². The van der Waals surface area contributed by atoms with Crippen LogP contribution >= 0.6 is 68.6 Å². The van der Waals surface area contributed by atoms with E-state index >= 15 is 0 Å². The normalized spacial score (nSPS) is 8.53. The molecule has 0 atom stereocenters. The van der Waals surface area contributed by atoms with Gasteiger partial charge in [-0.15, -0.1) is 63.5 Å². The van der Waals surface area contributed by atoms with Crippen LogP contribution in [-0.2, 0) is 0 Å². The summed E-state index contributed by atoms with van der Waals surface area (Å²) < 4.78 is 32.9. The fraction of sp³-hybridized carbons (Fsp3) is 0.0208. The fourth-order valence-corrected chi connectivity index (χ4v) is 5.22. The van der Waals surface area contributed by atoms with Gasteiger partial charge >= 0.3 is 0 Å². The molecule has 90 heavy (non-hydrogen) atoms. The van der Waals surface area contributed by atoms with Crippen LogP contribution in [0.5, 0.6) is 0 Å². The molecule has 18 heterocycles. The van der Waals surface area contributed by atoms with E-state index in [1.807, 2.05) is 87.8 Å². The molecule has 18 rings (SSSR count). The summed E-state index contributed by atoms with van der Waals surface area (Å²) in [5.41, 5.74) is 6.83. The number of aliphatic imine (C=N–C) groups is 2. The van der Waals surface area contributed by atoms with Gasteiger partial charge in [-0.25, -0.2) is 29.3 Å². The van der Waals surface area contributed by atoms with Crippen molar-refractivity contribution in [3.05, 3.63) is 272 Å². The summed E-state index contributed by atoms with van der Waals surface area (Å²) in [6, 6.07) is 17.1. The molecule has 0 saturated carbocycles. The van der Waals surface area contributed by atoms with Crippen molar-refractivity contribution < 1.29 is 22.3 Å². The van der Waals surface area contributed by atoms with Gasteiger partial charge in [-0.2, -0.15) is 46.5 Å². The van der Waals surface area contributed by atoms with Crippen LogP contribution in [0.4, 0.5) is 0 Å². The molecule has 0 bridgehead atoms. The Balaban J connectivity index is 0.000000476. The van der Waals surface area contributed by atoms with Gasteiger partial charge in [0.2, 0.25) is 12.8 Å². The third-order valence-corrected chi connectivity index (χ3v) is 9.30. The Bertz CT molecular complexity index is 2190. The molecule has 17 aromatic rings. The summed E-state index contributed by atoms with van der Waals surface area (Å²) in [4.78, 5) is 31.2. The van der Waals surface area contributed by atoms with E-state index < -0.39 is 0 Å². The standard InChI is InChI=1S/C4H5N.C4H4O.C4H4S.3C3H4N2.2C3H3NO.2C3H3NS.2C2H3N3.2C2H2N2O.3C2H2N2S.CH2N4/c3*1-2-4-5-3-1;2*1-2-5-3-4-1;1-2-4-5-3-1;1-2-5-3-4-1;1-2-4-5-3-1;1-2-5-3-4-1;1-2-4-5-3-1;1-3-2-5-4-1;1-2-4-5-3-1;1-3-4-2-5-1;1-2-5-4-3-1;1-3-4-2-5-1;1-3-2-5-4-1;1-2-5-4-3-1;1-2-4-5-3-1/h1-5H;2*1-4H;1,3H,2H2;2*1-3H,(H,4,5);4*1-3H;2*1-2H,(H,3,4,5);5*1-2H;1H,(H,2,3,4,5). The number of aromatic nitrogens is 29. The maximum absolute atomic E-state index is 4.58. The zero-order chi connectivity index (χ0) is 63.6. The minimum atomic E-state index is 0.778. The lowest BCUT2D eigenvalue weighted by Crippen LogP contribution is -1.65. The molecule has 0 saturated heterocycles. The summed E-state index contributed by atoms with van der Waals surface area (Å²) in [5.74, 6) is 0. The van der Waals surface area contributed by atoms with E-state index in [1.165, 1.54) is 115 Å². The van der Waals surface area contributed by atoms with Crippen molar-refractivity contribution in [1.29, 1.82) is 0 Å². The number of thiophene rings is 1. The lowest BCUT2D eigenvalue weighted by molar-refractivity contribution is 0.393. The molecule has 0 aliphatic carbocycles. The lowest BCUT2D eigenvalue weighted by atomic mass is 10.7. The van der Waals surface area contributed by atoms with E-state index in [4.69, 9.17) is 0 Å². The topological polar surface area (TPSA) is 482 Å². The maximum atomic E-state index is 4.58. The Kier molecular flexibility index (Phi) is 61.8. The number of furan rings is 1. The number of aromatic amines is 6. The molecule has 6 N–H and O–H groups in total. The van der Waals surface area contributed by atoms with Crippen LogP contribution < -0.4 is 0 Å². The molecule has 1 aliphatic heterocycles. The number of hydrogen-bond donors (Lipinski definition) is 6. The Morgan fingerprint density at radius 2 is 1.26 bits per heavy atom. The van der Waals surface area contributed by atoms with Gasteiger partial charge in [0.15, 0.2) is 12.7 Å². The first kappa shape index (κ1) is 76.0. The van der Waals surface area contributed by atoms with Crippen molar-refractivity contribution in [2.24, 2.45) is 9.98 Å². The third kappa shape index (κ3) is 70.3. The number of nitrogens with zero attached hydrogens (tertiary/aromatic N) is 25. The molecule has 0 amide bonds. The van der Waals surface area contributed by atoms with E-state index in [0.717, 1.165) is 6.54 Å². The average Bonchev–Trinajstić information content (AvgIpc) is 4.50. The van der Waals surface area contributed by atoms with Crippen LogP contribution in [0.25, 0.3) is 0 Å². The molecular weight excluding hydrogens is 1280 g/mol. The molecule has 0 fully saturated rings. The molecule has 0 aromatic carbocycles. The third-order valence-electron chi connectivity index (χ3n) is 6.33.